The number of rotatable bonds is 7. The third-order valence-electron chi connectivity index (χ3n) is 2.66. The van der Waals surface area contributed by atoms with Crippen molar-refractivity contribution in [1.29, 1.82) is 5.26 Å². The van der Waals surface area contributed by atoms with Crippen molar-refractivity contribution in [2.45, 2.75) is 39.2 Å². The summed E-state index contributed by atoms with van der Waals surface area (Å²) in [5.41, 5.74) is 0. The summed E-state index contributed by atoms with van der Waals surface area (Å²) >= 11 is 0. The fourth-order valence-corrected chi connectivity index (χ4v) is 1.63. The Morgan fingerprint density at radius 3 is 2.38 bits per heavy atom. The molecule has 0 fully saturated rings. The number of nitriles is 1. The lowest BCUT2D eigenvalue weighted by Crippen LogP contribution is -2.42. The van der Waals surface area contributed by atoms with Gasteiger partial charge in [0.1, 0.15) is 0 Å². The molecule has 0 N–H and O–H groups in total. The van der Waals surface area contributed by atoms with E-state index in [1.807, 2.05) is 0 Å². The first-order valence-corrected chi connectivity index (χ1v) is 5.87. The molecule has 0 aliphatic rings. The number of carbonyl (C=O) groups is 1. The van der Waals surface area contributed by atoms with Crippen LogP contribution in [0, 0.1) is 11.3 Å². The highest BCUT2D eigenvalue weighted by molar-refractivity contribution is 5.77. The first-order valence-electron chi connectivity index (χ1n) is 5.87. The number of nitrogens with zero attached hydrogens (tertiary/aromatic N) is 3. The molecular weight excluding hydrogens is 202 g/mol. The van der Waals surface area contributed by atoms with Crippen molar-refractivity contribution in [3.8, 4) is 6.07 Å². The Morgan fingerprint density at radius 1 is 1.38 bits per heavy atom. The molecule has 1 amide bonds. The molecule has 1 unspecified atom stereocenters. The molecule has 92 valence electrons. The second kappa shape index (κ2) is 8.12. The quantitative estimate of drug-likeness (QED) is 0.659. The van der Waals surface area contributed by atoms with Crippen molar-refractivity contribution in [1.82, 2.24) is 9.80 Å². The molecule has 0 heterocycles. The molecule has 4 nitrogen and oxygen atoms in total. The van der Waals surface area contributed by atoms with E-state index in [1.165, 1.54) is 0 Å². The van der Waals surface area contributed by atoms with Gasteiger partial charge in [-0.25, -0.2) is 0 Å². The normalized spacial score (nSPS) is 12.2. The summed E-state index contributed by atoms with van der Waals surface area (Å²) in [5.74, 6) is 0.102. The Labute approximate surface area is 98.8 Å². The fraction of sp³-hybridized carbons (Fsp3) is 0.833. The van der Waals surface area contributed by atoms with Gasteiger partial charge in [-0.15, -0.1) is 0 Å². The number of hydrogen-bond donors (Lipinski definition) is 0. The first kappa shape index (κ1) is 14.9. The number of amides is 1. The number of carbonyl (C=O) groups excluding carboxylic acids is 1. The van der Waals surface area contributed by atoms with Crippen molar-refractivity contribution in [3.63, 3.8) is 0 Å². The van der Waals surface area contributed by atoms with E-state index in [0.717, 1.165) is 19.4 Å². The Bertz CT molecular complexity index is 245. The van der Waals surface area contributed by atoms with Crippen LogP contribution in [0.25, 0.3) is 0 Å². The van der Waals surface area contributed by atoms with Gasteiger partial charge in [0.25, 0.3) is 0 Å². The summed E-state index contributed by atoms with van der Waals surface area (Å²) in [6.45, 7) is 5.44. The lowest BCUT2D eigenvalue weighted by atomic mass is 10.1. The van der Waals surface area contributed by atoms with Crippen LogP contribution in [0.2, 0.25) is 0 Å². The fourth-order valence-electron chi connectivity index (χ4n) is 1.63. The molecule has 0 radical (unpaired) electrons. The first-order chi connectivity index (χ1) is 7.56. The van der Waals surface area contributed by atoms with E-state index in [9.17, 15) is 4.79 Å². The number of hydrogen-bond acceptors (Lipinski definition) is 3. The molecule has 0 rings (SSSR count). The number of likely N-dealkylation sites (N-methyl/N-ethyl adjacent to an activating group) is 1. The summed E-state index contributed by atoms with van der Waals surface area (Å²) in [6.07, 6.45) is 2.41. The summed E-state index contributed by atoms with van der Waals surface area (Å²) in [5, 5.41) is 8.76. The Kier molecular flexibility index (Phi) is 7.57. The van der Waals surface area contributed by atoms with E-state index in [2.05, 4.69) is 24.8 Å². The van der Waals surface area contributed by atoms with Crippen molar-refractivity contribution < 1.29 is 4.79 Å². The highest BCUT2D eigenvalue weighted by atomic mass is 16.2. The van der Waals surface area contributed by atoms with Crippen LogP contribution in [0.5, 0.6) is 0 Å². The Morgan fingerprint density at radius 2 is 2.00 bits per heavy atom. The van der Waals surface area contributed by atoms with Crippen LogP contribution in [-0.4, -0.2) is 48.9 Å². The molecule has 0 spiro atoms. The molecule has 0 aliphatic heterocycles. The molecule has 1 atom stereocenters. The van der Waals surface area contributed by atoms with E-state index in [4.69, 9.17) is 5.26 Å². The topological polar surface area (TPSA) is 47.3 Å². The second-order valence-corrected chi connectivity index (χ2v) is 4.18. The summed E-state index contributed by atoms with van der Waals surface area (Å²) in [6, 6.07) is 2.40. The van der Waals surface area contributed by atoms with Gasteiger partial charge in [0.2, 0.25) is 5.91 Å². The minimum Gasteiger partial charge on any atom is -0.348 e. The van der Waals surface area contributed by atoms with Crippen LogP contribution in [0.4, 0.5) is 0 Å². The maximum absolute atomic E-state index is 11.7. The van der Waals surface area contributed by atoms with E-state index >= 15 is 0 Å². The molecular formula is C12H23N3O. The largest absolute Gasteiger partial charge is 0.348 e. The summed E-state index contributed by atoms with van der Waals surface area (Å²) < 4.78 is 0. The van der Waals surface area contributed by atoms with Crippen LogP contribution in [0.3, 0.4) is 0 Å². The lowest BCUT2D eigenvalue weighted by Gasteiger charge is -2.29. The van der Waals surface area contributed by atoms with Crippen LogP contribution < -0.4 is 0 Å². The van der Waals surface area contributed by atoms with Crippen molar-refractivity contribution in [2.75, 3.05) is 27.2 Å². The van der Waals surface area contributed by atoms with E-state index in [1.54, 1.807) is 19.0 Å². The molecule has 0 saturated heterocycles. The SMILES string of the molecule is CCCN(CC(=O)N(C)C)C(CC)CC#N. The standard InChI is InChI=1S/C12H23N3O/c1-5-9-15(10-12(16)14(3)4)11(6-2)7-8-13/h11H,5-7,9-10H2,1-4H3. The zero-order valence-electron chi connectivity index (χ0n) is 10.9. The summed E-state index contributed by atoms with van der Waals surface area (Å²) in [7, 11) is 3.52. The third kappa shape index (κ3) is 5.13. The zero-order chi connectivity index (χ0) is 12.6. The predicted octanol–water partition coefficient (Wildman–Crippen LogP) is 1.48. The van der Waals surface area contributed by atoms with E-state index in [-0.39, 0.29) is 11.9 Å². The van der Waals surface area contributed by atoms with Gasteiger partial charge in [0.15, 0.2) is 0 Å². The van der Waals surface area contributed by atoms with Gasteiger partial charge in [-0.2, -0.15) is 5.26 Å². The van der Waals surface area contributed by atoms with Crippen LogP contribution in [-0.2, 0) is 4.79 Å². The van der Waals surface area contributed by atoms with E-state index in [0.29, 0.717) is 13.0 Å². The highest BCUT2D eigenvalue weighted by Gasteiger charge is 2.19. The minimum atomic E-state index is 0.102. The van der Waals surface area contributed by atoms with Gasteiger partial charge in [-0.1, -0.05) is 13.8 Å². The van der Waals surface area contributed by atoms with Crippen LogP contribution >= 0.6 is 0 Å². The molecule has 0 aliphatic carbocycles. The molecule has 0 aromatic carbocycles. The average molecular weight is 225 g/mol. The van der Waals surface area contributed by atoms with Gasteiger partial charge in [0.05, 0.1) is 19.0 Å². The molecule has 4 heteroatoms. The van der Waals surface area contributed by atoms with E-state index < -0.39 is 0 Å². The van der Waals surface area contributed by atoms with Crippen LogP contribution in [0.15, 0.2) is 0 Å². The average Bonchev–Trinajstić information content (AvgIpc) is 2.25. The zero-order valence-corrected chi connectivity index (χ0v) is 10.9. The Balaban J connectivity index is 4.46. The smallest absolute Gasteiger partial charge is 0.236 e. The molecule has 0 bridgehead atoms. The van der Waals surface area contributed by atoms with Crippen molar-refractivity contribution in [3.05, 3.63) is 0 Å². The van der Waals surface area contributed by atoms with Gasteiger partial charge < -0.3 is 4.90 Å². The van der Waals surface area contributed by atoms with Crippen molar-refractivity contribution >= 4 is 5.91 Å². The Hall–Kier alpha value is -1.08. The van der Waals surface area contributed by atoms with Crippen molar-refractivity contribution in [2.24, 2.45) is 0 Å². The molecule has 0 aromatic heterocycles. The maximum atomic E-state index is 11.7. The molecule has 0 aromatic rings. The maximum Gasteiger partial charge on any atom is 0.236 e. The van der Waals surface area contributed by atoms with Gasteiger partial charge in [-0.05, 0) is 19.4 Å². The highest BCUT2D eigenvalue weighted by Crippen LogP contribution is 2.09. The molecule has 0 saturated carbocycles. The van der Waals surface area contributed by atoms with Gasteiger partial charge >= 0.3 is 0 Å². The van der Waals surface area contributed by atoms with Gasteiger partial charge in [0, 0.05) is 20.1 Å². The second-order valence-electron chi connectivity index (χ2n) is 4.18. The lowest BCUT2D eigenvalue weighted by molar-refractivity contribution is -0.130. The minimum absolute atomic E-state index is 0.102. The monoisotopic (exact) mass is 225 g/mol. The molecule has 16 heavy (non-hydrogen) atoms. The van der Waals surface area contributed by atoms with Crippen LogP contribution in [0.1, 0.15) is 33.1 Å². The summed E-state index contributed by atoms with van der Waals surface area (Å²) in [4.78, 5) is 15.4. The predicted molar refractivity (Wildman–Crippen MR) is 64.9 cm³/mol. The van der Waals surface area contributed by atoms with Gasteiger partial charge in [-0.3, -0.25) is 9.69 Å². The third-order valence-corrected chi connectivity index (χ3v) is 2.66.